The van der Waals surface area contributed by atoms with Gasteiger partial charge in [0.25, 0.3) is 5.91 Å². The average molecular weight is 515 g/mol. The van der Waals surface area contributed by atoms with E-state index in [1.807, 2.05) is 49.4 Å². The van der Waals surface area contributed by atoms with Crippen LogP contribution in [-0.4, -0.2) is 58.4 Å². The van der Waals surface area contributed by atoms with E-state index in [2.05, 4.69) is 53.5 Å². The van der Waals surface area contributed by atoms with Crippen LogP contribution in [0.4, 0.5) is 11.5 Å². The van der Waals surface area contributed by atoms with Crippen molar-refractivity contribution in [2.45, 2.75) is 46.7 Å². The van der Waals surface area contributed by atoms with Crippen LogP contribution in [0.3, 0.4) is 0 Å². The van der Waals surface area contributed by atoms with E-state index >= 15 is 0 Å². The van der Waals surface area contributed by atoms with Crippen LogP contribution in [0.15, 0.2) is 67.0 Å². The molecule has 0 bridgehead atoms. The molecule has 8 nitrogen and oxygen atoms in total. The number of nitrogens with zero attached hydrogens (tertiary/aromatic N) is 3. The van der Waals surface area contributed by atoms with Crippen molar-refractivity contribution in [2.24, 2.45) is 0 Å². The van der Waals surface area contributed by atoms with Gasteiger partial charge in [0.2, 0.25) is 5.91 Å². The van der Waals surface area contributed by atoms with Crippen LogP contribution in [0, 0.1) is 0 Å². The maximum atomic E-state index is 12.9. The minimum atomic E-state index is -0.227. The first-order valence-corrected chi connectivity index (χ1v) is 13.1. The first kappa shape index (κ1) is 28.5. The Morgan fingerprint density at radius 1 is 1.00 bits per heavy atom. The Morgan fingerprint density at radius 2 is 1.74 bits per heavy atom. The molecule has 8 heteroatoms. The fraction of sp³-hybridized carbons (Fsp3) is 0.333. The number of pyridine rings is 2. The van der Waals surface area contributed by atoms with Crippen LogP contribution in [-0.2, 0) is 4.79 Å². The van der Waals surface area contributed by atoms with Crippen LogP contribution < -0.4 is 16.0 Å². The maximum absolute atomic E-state index is 12.9. The third kappa shape index (κ3) is 8.24. The number of aromatic nitrogens is 2. The second-order valence-corrected chi connectivity index (χ2v) is 9.49. The molecule has 2 amide bonds. The lowest BCUT2D eigenvalue weighted by atomic mass is 10.1. The summed E-state index contributed by atoms with van der Waals surface area (Å²) < 4.78 is 0. The normalized spacial score (nSPS) is 11.4. The molecule has 0 saturated carbocycles. The lowest BCUT2D eigenvalue weighted by Gasteiger charge is -2.30. The summed E-state index contributed by atoms with van der Waals surface area (Å²) in [6.07, 6.45) is 6.56. The molecule has 0 spiro atoms. The van der Waals surface area contributed by atoms with Gasteiger partial charge in [0.1, 0.15) is 5.82 Å². The molecule has 0 fully saturated rings. The summed E-state index contributed by atoms with van der Waals surface area (Å²) in [5.41, 5.74) is 3.66. The van der Waals surface area contributed by atoms with Crippen molar-refractivity contribution in [3.63, 3.8) is 0 Å². The zero-order valence-electron chi connectivity index (χ0n) is 22.9. The number of anilines is 2. The first-order valence-electron chi connectivity index (χ1n) is 13.1. The SMILES string of the molecule is CCNc1nc(-c2ccc(NC(=O)/C=C/c3cccnc3)cc2)ccc1C(=O)NCCN(C(C)C)C(C)C. The molecule has 0 aliphatic rings. The number of amides is 2. The van der Waals surface area contributed by atoms with Crippen molar-refractivity contribution in [1.29, 1.82) is 0 Å². The number of carbonyl (C=O) groups is 2. The minimum absolute atomic E-state index is 0.148. The standard InChI is InChI=1S/C30H38N6O2/c1-6-32-29-26(30(38)33-18-19-36(21(2)3)22(4)5)14-15-27(35-29)24-10-12-25(13-11-24)34-28(37)16-9-23-8-7-17-31-20-23/h7-17,20-22H,6,18-19H2,1-5H3,(H,32,35)(H,33,38)(H,34,37)/b16-9+. The van der Waals surface area contributed by atoms with Gasteiger partial charge in [-0.25, -0.2) is 4.98 Å². The van der Waals surface area contributed by atoms with Gasteiger partial charge in [0.15, 0.2) is 0 Å². The van der Waals surface area contributed by atoms with Gasteiger partial charge in [-0.3, -0.25) is 19.5 Å². The van der Waals surface area contributed by atoms with Crippen molar-refractivity contribution in [3.8, 4) is 11.3 Å². The average Bonchev–Trinajstić information content (AvgIpc) is 2.90. The Hall–Kier alpha value is -4.04. The molecular formula is C30H38N6O2. The number of rotatable bonds is 12. The van der Waals surface area contributed by atoms with Crippen molar-refractivity contribution < 1.29 is 9.59 Å². The summed E-state index contributed by atoms with van der Waals surface area (Å²) in [6, 6.07) is 15.6. The lowest BCUT2D eigenvalue weighted by Crippen LogP contribution is -2.42. The molecule has 0 unspecified atom stereocenters. The molecule has 2 aromatic heterocycles. The Bertz CT molecular complexity index is 1220. The first-order chi connectivity index (χ1) is 18.3. The highest BCUT2D eigenvalue weighted by Crippen LogP contribution is 2.24. The maximum Gasteiger partial charge on any atom is 0.255 e. The summed E-state index contributed by atoms with van der Waals surface area (Å²) in [5.74, 6) is 0.171. The van der Waals surface area contributed by atoms with E-state index < -0.39 is 0 Å². The van der Waals surface area contributed by atoms with Crippen molar-refractivity contribution in [1.82, 2.24) is 20.2 Å². The third-order valence-corrected chi connectivity index (χ3v) is 6.03. The molecule has 3 aromatic rings. The van der Waals surface area contributed by atoms with E-state index in [1.165, 1.54) is 6.08 Å². The zero-order chi connectivity index (χ0) is 27.5. The predicted octanol–water partition coefficient (Wildman–Crippen LogP) is 5.08. The summed E-state index contributed by atoms with van der Waals surface area (Å²) in [4.78, 5) is 36.3. The van der Waals surface area contributed by atoms with Crippen LogP contribution >= 0.6 is 0 Å². The van der Waals surface area contributed by atoms with E-state index in [0.29, 0.717) is 42.2 Å². The van der Waals surface area contributed by atoms with Gasteiger partial charge in [-0.15, -0.1) is 0 Å². The third-order valence-electron chi connectivity index (χ3n) is 6.03. The van der Waals surface area contributed by atoms with E-state index in [1.54, 1.807) is 24.5 Å². The Balaban J connectivity index is 1.65. The second kappa shape index (κ2) is 14.0. The number of benzene rings is 1. The van der Waals surface area contributed by atoms with Crippen LogP contribution in [0.1, 0.15) is 50.5 Å². The topological polar surface area (TPSA) is 99.2 Å². The van der Waals surface area contributed by atoms with Gasteiger partial charge < -0.3 is 16.0 Å². The molecule has 0 radical (unpaired) electrons. The fourth-order valence-corrected chi connectivity index (χ4v) is 4.17. The number of carbonyl (C=O) groups excluding carboxylic acids is 2. The van der Waals surface area contributed by atoms with Gasteiger partial charge >= 0.3 is 0 Å². The number of hydrogen-bond donors (Lipinski definition) is 3. The van der Waals surface area contributed by atoms with Gasteiger partial charge in [-0.2, -0.15) is 0 Å². The smallest absolute Gasteiger partial charge is 0.255 e. The van der Waals surface area contributed by atoms with Crippen molar-refractivity contribution in [2.75, 3.05) is 30.3 Å². The van der Waals surface area contributed by atoms with Crippen LogP contribution in [0.2, 0.25) is 0 Å². The molecule has 0 atom stereocenters. The van der Waals surface area contributed by atoms with E-state index in [0.717, 1.165) is 23.4 Å². The number of hydrogen-bond acceptors (Lipinski definition) is 6. The van der Waals surface area contributed by atoms with Crippen LogP contribution in [0.5, 0.6) is 0 Å². The lowest BCUT2D eigenvalue weighted by molar-refractivity contribution is -0.111. The second-order valence-electron chi connectivity index (χ2n) is 9.49. The molecule has 1 aromatic carbocycles. The molecule has 3 rings (SSSR count). The highest BCUT2D eigenvalue weighted by atomic mass is 16.2. The van der Waals surface area contributed by atoms with Gasteiger partial charge in [0.05, 0.1) is 11.3 Å². The van der Waals surface area contributed by atoms with E-state index in [9.17, 15) is 9.59 Å². The number of nitrogens with one attached hydrogen (secondary N) is 3. The molecule has 0 aliphatic carbocycles. The highest BCUT2D eigenvalue weighted by molar-refractivity contribution is 6.02. The summed E-state index contributed by atoms with van der Waals surface area (Å²) in [7, 11) is 0. The molecule has 38 heavy (non-hydrogen) atoms. The van der Waals surface area contributed by atoms with Crippen molar-refractivity contribution >= 4 is 29.4 Å². The summed E-state index contributed by atoms with van der Waals surface area (Å²) in [5, 5.41) is 9.10. The summed E-state index contributed by atoms with van der Waals surface area (Å²) >= 11 is 0. The van der Waals surface area contributed by atoms with Gasteiger partial charge in [-0.05, 0) is 76.6 Å². The van der Waals surface area contributed by atoms with Crippen molar-refractivity contribution in [3.05, 3.63) is 78.1 Å². The predicted molar refractivity (Wildman–Crippen MR) is 155 cm³/mol. The van der Waals surface area contributed by atoms with Gasteiger partial charge in [0, 0.05) is 61.4 Å². The zero-order valence-corrected chi connectivity index (χ0v) is 22.9. The molecule has 2 heterocycles. The quantitative estimate of drug-likeness (QED) is 0.292. The van der Waals surface area contributed by atoms with Crippen LogP contribution in [0.25, 0.3) is 17.3 Å². The van der Waals surface area contributed by atoms with E-state index in [4.69, 9.17) is 4.98 Å². The fourth-order valence-electron chi connectivity index (χ4n) is 4.17. The largest absolute Gasteiger partial charge is 0.370 e. The van der Waals surface area contributed by atoms with Gasteiger partial charge in [-0.1, -0.05) is 18.2 Å². The molecule has 200 valence electrons. The molecule has 0 aliphatic heterocycles. The molecular weight excluding hydrogens is 476 g/mol. The minimum Gasteiger partial charge on any atom is -0.370 e. The Labute approximate surface area is 225 Å². The Morgan fingerprint density at radius 3 is 2.37 bits per heavy atom. The highest BCUT2D eigenvalue weighted by Gasteiger charge is 2.16. The van der Waals surface area contributed by atoms with E-state index in [-0.39, 0.29) is 11.8 Å². The summed E-state index contributed by atoms with van der Waals surface area (Å²) in [6.45, 7) is 12.6. The molecule has 0 saturated heterocycles. The monoisotopic (exact) mass is 514 g/mol. The molecule has 3 N–H and O–H groups in total. The Kier molecular flexibility index (Phi) is 10.5.